The van der Waals surface area contributed by atoms with Crippen LogP contribution in [0.1, 0.15) is 30.4 Å². The molecule has 1 fully saturated rings. The van der Waals surface area contributed by atoms with Crippen molar-refractivity contribution in [3.63, 3.8) is 0 Å². The van der Waals surface area contributed by atoms with Gasteiger partial charge in [0.1, 0.15) is 0 Å². The van der Waals surface area contributed by atoms with Gasteiger partial charge in [0.25, 0.3) is 0 Å². The summed E-state index contributed by atoms with van der Waals surface area (Å²) in [4.78, 5) is 2.21. The maximum atomic E-state index is 11.3. The highest BCUT2D eigenvalue weighted by Gasteiger charge is 2.25. The van der Waals surface area contributed by atoms with Gasteiger partial charge in [0.05, 0.1) is 5.75 Å². The molecule has 0 aliphatic carbocycles. The van der Waals surface area contributed by atoms with E-state index >= 15 is 0 Å². The van der Waals surface area contributed by atoms with Gasteiger partial charge in [-0.3, -0.25) is 4.90 Å². The predicted molar refractivity (Wildman–Crippen MR) is 80.4 cm³/mol. The molecular formula is C15H20N2O2S. The van der Waals surface area contributed by atoms with E-state index in [0.717, 1.165) is 43.5 Å². The molecule has 0 spiro atoms. The Balaban J connectivity index is 2.06. The lowest BCUT2D eigenvalue weighted by molar-refractivity contribution is 0.154. The zero-order valence-electron chi connectivity index (χ0n) is 11.5. The van der Waals surface area contributed by atoms with E-state index in [9.17, 15) is 8.42 Å². The minimum absolute atomic E-state index is 0.0195. The molecule has 4 nitrogen and oxygen atoms in total. The highest BCUT2D eigenvalue weighted by molar-refractivity contribution is 7.89. The SMILES string of the molecule is C#Cc1ccc(CN2CCCCC2CS(N)(=O)=O)cc1. The van der Waals surface area contributed by atoms with Crippen molar-refractivity contribution in [3.8, 4) is 12.3 Å². The number of nitrogens with two attached hydrogens (primary N) is 1. The van der Waals surface area contributed by atoms with E-state index < -0.39 is 10.0 Å². The van der Waals surface area contributed by atoms with E-state index in [1.807, 2.05) is 24.3 Å². The molecule has 2 N–H and O–H groups in total. The monoisotopic (exact) mass is 292 g/mol. The normalized spacial score (nSPS) is 20.5. The summed E-state index contributed by atoms with van der Waals surface area (Å²) in [6, 6.07) is 7.84. The fourth-order valence-corrected chi connectivity index (χ4v) is 3.58. The Hall–Kier alpha value is -1.35. The second kappa shape index (κ2) is 6.40. The van der Waals surface area contributed by atoms with Crippen molar-refractivity contribution < 1.29 is 8.42 Å². The Bertz CT molecular complexity index is 587. The van der Waals surface area contributed by atoms with Gasteiger partial charge in [-0.1, -0.05) is 24.5 Å². The second-order valence-electron chi connectivity index (χ2n) is 5.29. The molecule has 1 atom stereocenters. The number of likely N-dealkylation sites (tertiary alicyclic amines) is 1. The van der Waals surface area contributed by atoms with Gasteiger partial charge in [-0.05, 0) is 37.1 Å². The number of hydrogen-bond acceptors (Lipinski definition) is 3. The Kier molecular flexibility index (Phi) is 4.81. The van der Waals surface area contributed by atoms with Crippen LogP contribution < -0.4 is 5.14 Å². The Labute approximate surface area is 121 Å². The molecule has 1 aliphatic rings. The third-order valence-electron chi connectivity index (χ3n) is 3.68. The second-order valence-corrected chi connectivity index (χ2v) is 6.95. The Morgan fingerprint density at radius 3 is 2.60 bits per heavy atom. The van der Waals surface area contributed by atoms with Gasteiger partial charge < -0.3 is 0 Å². The smallest absolute Gasteiger partial charge is 0.210 e. The van der Waals surface area contributed by atoms with Gasteiger partial charge in [-0.25, -0.2) is 13.6 Å². The molecule has 20 heavy (non-hydrogen) atoms. The lowest BCUT2D eigenvalue weighted by Crippen LogP contribution is -2.44. The molecule has 1 saturated heterocycles. The average Bonchev–Trinajstić information content (AvgIpc) is 2.40. The molecule has 1 heterocycles. The molecule has 0 saturated carbocycles. The van der Waals surface area contributed by atoms with Crippen LogP contribution in [0.4, 0.5) is 0 Å². The van der Waals surface area contributed by atoms with Crippen LogP contribution in [0, 0.1) is 12.3 Å². The van der Waals surface area contributed by atoms with E-state index in [0.29, 0.717) is 0 Å². The van der Waals surface area contributed by atoms with Crippen molar-refractivity contribution in [1.29, 1.82) is 0 Å². The van der Waals surface area contributed by atoms with Crippen LogP contribution in [0.15, 0.2) is 24.3 Å². The van der Waals surface area contributed by atoms with Crippen molar-refractivity contribution >= 4 is 10.0 Å². The summed E-state index contributed by atoms with van der Waals surface area (Å²) in [6.07, 6.45) is 8.39. The summed E-state index contributed by atoms with van der Waals surface area (Å²) in [7, 11) is -3.43. The largest absolute Gasteiger partial charge is 0.295 e. The molecule has 2 rings (SSSR count). The third kappa shape index (κ3) is 4.34. The lowest BCUT2D eigenvalue weighted by Gasteiger charge is -2.35. The molecule has 0 bridgehead atoms. The van der Waals surface area contributed by atoms with Crippen LogP contribution in [-0.4, -0.2) is 31.7 Å². The van der Waals surface area contributed by atoms with Gasteiger partial charge in [0.2, 0.25) is 10.0 Å². The van der Waals surface area contributed by atoms with Crippen LogP contribution in [0.25, 0.3) is 0 Å². The summed E-state index contributed by atoms with van der Waals surface area (Å²) in [5, 5.41) is 5.18. The fourth-order valence-electron chi connectivity index (χ4n) is 2.67. The molecule has 1 unspecified atom stereocenters. The molecule has 5 heteroatoms. The minimum Gasteiger partial charge on any atom is -0.295 e. The summed E-state index contributed by atoms with van der Waals surface area (Å²) in [5.41, 5.74) is 2.00. The van der Waals surface area contributed by atoms with Gasteiger partial charge in [0.15, 0.2) is 0 Å². The van der Waals surface area contributed by atoms with Gasteiger partial charge in [-0.15, -0.1) is 6.42 Å². The van der Waals surface area contributed by atoms with E-state index in [1.54, 1.807) is 0 Å². The zero-order valence-corrected chi connectivity index (χ0v) is 12.3. The molecule has 0 amide bonds. The number of rotatable bonds is 4. The topological polar surface area (TPSA) is 63.4 Å². The van der Waals surface area contributed by atoms with Crippen LogP contribution in [0.5, 0.6) is 0 Å². The zero-order chi connectivity index (χ0) is 14.6. The van der Waals surface area contributed by atoms with Crippen molar-refractivity contribution in [2.75, 3.05) is 12.3 Å². The summed E-state index contributed by atoms with van der Waals surface area (Å²) >= 11 is 0. The van der Waals surface area contributed by atoms with Crippen molar-refractivity contribution in [2.45, 2.75) is 31.8 Å². The first kappa shape index (κ1) is 15.0. The molecule has 0 aromatic heterocycles. The molecule has 1 aromatic rings. The van der Waals surface area contributed by atoms with Crippen LogP contribution >= 0.6 is 0 Å². The molecule has 108 valence electrons. The maximum Gasteiger partial charge on any atom is 0.210 e. The summed E-state index contributed by atoms with van der Waals surface area (Å²) in [6.45, 7) is 1.65. The number of hydrogen-bond donors (Lipinski definition) is 1. The van der Waals surface area contributed by atoms with E-state index in [4.69, 9.17) is 11.6 Å². The summed E-state index contributed by atoms with van der Waals surface area (Å²) in [5.74, 6) is 2.63. The highest BCUT2D eigenvalue weighted by atomic mass is 32.2. The predicted octanol–water partition coefficient (Wildman–Crippen LogP) is 1.31. The standard InChI is InChI=1S/C15H20N2O2S/c1-2-13-6-8-14(9-7-13)11-17-10-4-3-5-15(17)12-20(16,18)19/h1,6-9,15H,3-5,10-12H2,(H2,16,18,19). The minimum atomic E-state index is -3.43. The Morgan fingerprint density at radius 2 is 2.00 bits per heavy atom. The molecule has 1 aromatic carbocycles. The van der Waals surface area contributed by atoms with Crippen LogP contribution in [0.3, 0.4) is 0 Å². The number of terminal acetylenes is 1. The first-order chi connectivity index (χ1) is 9.48. The van der Waals surface area contributed by atoms with Crippen LogP contribution in [0.2, 0.25) is 0 Å². The maximum absolute atomic E-state index is 11.3. The molecular weight excluding hydrogens is 272 g/mol. The molecule has 1 aliphatic heterocycles. The van der Waals surface area contributed by atoms with Crippen molar-refractivity contribution in [3.05, 3.63) is 35.4 Å². The fraction of sp³-hybridized carbons (Fsp3) is 0.467. The first-order valence-corrected chi connectivity index (χ1v) is 8.49. The van der Waals surface area contributed by atoms with E-state index in [1.165, 1.54) is 0 Å². The van der Waals surface area contributed by atoms with Crippen molar-refractivity contribution in [2.24, 2.45) is 5.14 Å². The third-order valence-corrected chi connectivity index (χ3v) is 4.53. The van der Waals surface area contributed by atoms with E-state index in [2.05, 4.69) is 10.8 Å². The van der Waals surface area contributed by atoms with Gasteiger partial charge in [0, 0.05) is 18.2 Å². The number of piperidine rings is 1. The number of primary sulfonamides is 1. The van der Waals surface area contributed by atoms with E-state index in [-0.39, 0.29) is 11.8 Å². The highest BCUT2D eigenvalue weighted by Crippen LogP contribution is 2.20. The first-order valence-electron chi connectivity index (χ1n) is 6.78. The van der Waals surface area contributed by atoms with Crippen LogP contribution in [-0.2, 0) is 16.6 Å². The van der Waals surface area contributed by atoms with Gasteiger partial charge >= 0.3 is 0 Å². The summed E-state index contributed by atoms with van der Waals surface area (Å²) < 4.78 is 22.6. The number of sulfonamides is 1. The quantitative estimate of drug-likeness (QED) is 0.851. The molecule has 0 radical (unpaired) electrons. The Morgan fingerprint density at radius 1 is 1.30 bits per heavy atom. The average molecular weight is 292 g/mol. The number of nitrogens with zero attached hydrogens (tertiary/aromatic N) is 1. The van der Waals surface area contributed by atoms with Crippen molar-refractivity contribution in [1.82, 2.24) is 4.90 Å². The van der Waals surface area contributed by atoms with Gasteiger partial charge in [-0.2, -0.15) is 0 Å². The number of benzene rings is 1. The lowest BCUT2D eigenvalue weighted by atomic mass is 10.0.